The van der Waals surface area contributed by atoms with Crippen molar-refractivity contribution in [2.24, 2.45) is 5.92 Å². The Bertz CT molecular complexity index is 434. The molecule has 0 spiro atoms. The third-order valence-corrected chi connectivity index (χ3v) is 4.11. The first-order chi connectivity index (χ1) is 8.04. The van der Waals surface area contributed by atoms with E-state index in [1.165, 1.54) is 6.07 Å². The fourth-order valence-corrected chi connectivity index (χ4v) is 2.97. The van der Waals surface area contributed by atoms with Gasteiger partial charge in [0.15, 0.2) is 0 Å². The summed E-state index contributed by atoms with van der Waals surface area (Å²) < 4.78 is 28.3. The molecule has 0 fully saturated rings. The minimum absolute atomic E-state index is 0.102. The Morgan fingerprint density at radius 2 is 2.12 bits per heavy atom. The van der Waals surface area contributed by atoms with Crippen molar-refractivity contribution in [1.29, 1.82) is 0 Å². The summed E-state index contributed by atoms with van der Waals surface area (Å²) in [5, 5.41) is 3.10. The van der Waals surface area contributed by atoms with Crippen LogP contribution in [0.5, 0.6) is 0 Å². The van der Waals surface area contributed by atoms with E-state index < -0.39 is 0 Å². The second-order valence-corrected chi connectivity index (χ2v) is 5.62. The van der Waals surface area contributed by atoms with Crippen LogP contribution in [0.2, 0.25) is 0 Å². The van der Waals surface area contributed by atoms with Gasteiger partial charge in [0.05, 0.1) is 4.47 Å². The molecule has 0 heterocycles. The molecule has 0 aliphatic heterocycles. The molecule has 0 saturated carbocycles. The molecule has 0 amide bonds. The van der Waals surface area contributed by atoms with Crippen molar-refractivity contribution in [1.82, 2.24) is 5.32 Å². The number of fused-ring (bicyclic) bond motifs is 1. The summed E-state index contributed by atoms with van der Waals surface area (Å²) in [5.74, 6) is -0.157. The van der Waals surface area contributed by atoms with E-state index in [-0.39, 0.29) is 22.1 Å². The van der Waals surface area contributed by atoms with Crippen molar-refractivity contribution in [3.05, 3.63) is 33.3 Å². The highest BCUT2D eigenvalue weighted by Crippen LogP contribution is 2.37. The SMILES string of the molecule is CNC1CC(C)CCc2c(F)cc(Br)c(F)c21. The molecule has 0 aromatic heterocycles. The van der Waals surface area contributed by atoms with E-state index in [0.29, 0.717) is 23.5 Å². The standard InChI is InChI=1S/C13H16BrF2N/c1-7-3-4-8-10(15)6-9(14)13(16)12(8)11(5-7)17-2/h6-7,11,17H,3-5H2,1-2H3. The number of hydrogen-bond donors (Lipinski definition) is 1. The molecule has 94 valence electrons. The summed E-state index contributed by atoms with van der Waals surface area (Å²) in [4.78, 5) is 0. The van der Waals surface area contributed by atoms with Crippen molar-refractivity contribution < 1.29 is 8.78 Å². The van der Waals surface area contributed by atoms with Gasteiger partial charge >= 0.3 is 0 Å². The van der Waals surface area contributed by atoms with Crippen LogP contribution in [-0.2, 0) is 6.42 Å². The highest BCUT2D eigenvalue weighted by Gasteiger charge is 2.27. The average Bonchev–Trinajstić information content (AvgIpc) is 2.45. The van der Waals surface area contributed by atoms with E-state index in [1.54, 1.807) is 7.05 Å². The van der Waals surface area contributed by atoms with E-state index >= 15 is 0 Å². The first kappa shape index (κ1) is 13.0. The Morgan fingerprint density at radius 3 is 2.76 bits per heavy atom. The van der Waals surface area contributed by atoms with Gasteiger partial charge in [0.1, 0.15) is 11.6 Å². The van der Waals surface area contributed by atoms with Crippen LogP contribution in [0.1, 0.15) is 36.9 Å². The summed E-state index contributed by atoms with van der Waals surface area (Å²) in [7, 11) is 1.80. The van der Waals surface area contributed by atoms with Gasteiger partial charge in [0.25, 0.3) is 0 Å². The van der Waals surface area contributed by atoms with Gasteiger partial charge in [-0.25, -0.2) is 8.78 Å². The van der Waals surface area contributed by atoms with Gasteiger partial charge in [-0.3, -0.25) is 0 Å². The number of benzene rings is 1. The zero-order chi connectivity index (χ0) is 12.6. The molecule has 0 saturated heterocycles. The first-order valence-electron chi connectivity index (χ1n) is 5.88. The Kier molecular flexibility index (Phi) is 3.83. The van der Waals surface area contributed by atoms with Crippen molar-refractivity contribution in [3.8, 4) is 0 Å². The second kappa shape index (κ2) is 5.02. The van der Waals surface area contributed by atoms with E-state index in [9.17, 15) is 8.78 Å². The fourth-order valence-electron chi connectivity index (χ4n) is 2.56. The Hall–Kier alpha value is -0.480. The van der Waals surface area contributed by atoms with Crippen molar-refractivity contribution in [2.75, 3.05) is 7.05 Å². The summed E-state index contributed by atoms with van der Waals surface area (Å²) in [6, 6.07) is 1.13. The van der Waals surface area contributed by atoms with Gasteiger partial charge in [-0.15, -0.1) is 0 Å². The molecular formula is C13H16BrF2N. The topological polar surface area (TPSA) is 12.0 Å². The molecule has 17 heavy (non-hydrogen) atoms. The highest BCUT2D eigenvalue weighted by molar-refractivity contribution is 9.10. The largest absolute Gasteiger partial charge is 0.313 e. The van der Waals surface area contributed by atoms with E-state index in [1.807, 2.05) is 0 Å². The molecule has 2 unspecified atom stereocenters. The van der Waals surface area contributed by atoms with Crippen LogP contribution in [0.4, 0.5) is 8.78 Å². The number of rotatable bonds is 1. The van der Waals surface area contributed by atoms with Crippen LogP contribution < -0.4 is 5.32 Å². The molecule has 2 atom stereocenters. The van der Waals surface area contributed by atoms with Crippen molar-refractivity contribution in [3.63, 3.8) is 0 Å². The van der Waals surface area contributed by atoms with Crippen molar-refractivity contribution in [2.45, 2.75) is 32.2 Å². The molecule has 4 heteroatoms. The molecule has 1 aliphatic carbocycles. The van der Waals surface area contributed by atoms with Gasteiger partial charge < -0.3 is 5.32 Å². The van der Waals surface area contributed by atoms with E-state index in [4.69, 9.17) is 0 Å². The number of hydrogen-bond acceptors (Lipinski definition) is 1. The zero-order valence-electron chi connectivity index (χ0n) is 9.99. The molecule has 0 radical (unpaired) electrons. The molecule has 0 bridgehead atoms. The molecule has 2 rings (SSSR count). The van der Waals surface area contributed by atoms with Crippen LogP contribution in [0.3, 0.4) is 0 Å². The minimum Gasteiger partial charge on any atom is -0.313 e. The number of nitrogens with one attached hydrogen (secondary N) is 1. The molecule has 1 nitrogen and oxygen atoms in total. The maximum absolute atomic E-state index is 14.2. The zero-order valence-corrected chi connectivity index (χ0v) is 11.6. The normalized spacial score (nSPS) is 24.3. The number of halogens is 3. The minimum atomic E-state index is -0.324. The quantitative estimate of drug-likeness (QED) is 0.612. The van der Waals surface area contributed by atoms with Crippen LogP contribution in [0, 0.1) is 17.6 Å². The Balaban J connectivity index is 2.59. The lowest BCUT2D eigenvalue weighted by molar-refractivity contribution is 0.418. The lowest BCUT2D eigenvalue weighted by Crippen LogP contribution is -2.20. The fraction of sp³-hybridized carbons (Fsp3) is 0.538. The second-order valence-electron chi connectivity index (χ2n) is 4.77. The third kappa shape index (κ3) is 2.38. The van der Waals surface area contributed by atoms with Gasteiger partial charge in [-0.05, 0) is 59.8 Å². The van der Waals surface area contributed by atoms with Gasteiger partial charge in [-0.2, -0.15) is 0 Å². The monoisotopic (exact) mass is 303 g/mol. The predicted octanol–water partition coefficient (Wildman–Crippen LogP) is 3.96. The summed E-state index contributed by atoms with van der Waals surface area (Å²) in [6.07, 6.45) is 2.37. The first-order valence-corrected chi connectivity index (χ1v) is 6.67. The molecule has 1 aromatic carbocycles. The average molecular weight is 304 g/mol. The highest BCUT2D eigenvalue weighted by atomic mass is 79.9. The summed E-state index contributed by atoms with van der Waals surface area (Å²) >= 11 is 3.08. The van der Waals surface area contributed by atoms with Crippen LogP contribution in [0.15, 0.2) is 10.5 Å². The Morgan fingerprint density at radius 1 is 1.41 bits per heavy atom. The van der Waals surface area contributed by atoms with Gasteiger partial charge in [0, 0.05) is 11.6 Å². The molecule has 1 aliphatic rings. The van der Waals surface area contributed by atoms with E-state index in [2.05, 4.69) is 28.2 Å². The summed E-state index contributed by atoms with van der Waals surface area (Å²) in [5.41, 5.74) is 1.04. The van der Waals surface area contributed by atoms with Crippen LogP contribution in [0.25, 0.3) is 0 Å². The maximum atomic E-state index is 14.2. The van der Waals surface area contributed by atoms with Gasteiger partial charge in [-0.1, -0.05) is 6.92 Å². The third-order valence-electron chi connectivity index (χ3n) is 3.54. The van der Waals surface area contributed by atoms with Crippen molar-refractivity contribution >= 4 is 15.9 Å². The maximum Gasteiger partial charge on any atom is 0.142 e. The van der Waals surface area contributed by atoms with Gasteiger partial charge in [0.2, 0.25) is 0 Å². The Labute approximate surface area is 109 Å². The molecule has 1 N–H and O–H groups in total. The molecule has 1 aromatic rings. The molecular weight excluding hydrogens is 288 g/mol. The van der Waals surface area contributed by atoms with Crippen LogP contribution in [-0.4, -0.2) is 7.05 Å². The van der Waals surface area contributed by atoms with Crippen LogP contribution >= 0.6 is 15.9 Å². The smallest absolute Gasteiger partial charge is 0.142 e. The van der Waals surface area contributed by atoms with E-state index in [0.717, 1.165) is 12.8 Å². The predicted molar refractivity (Wildman–Crippen MR) is 68.0 cm³/mol. The lowest BCUT2D eigenvalue weighted by Gasteiger charge is -2.20. The lowest BCUT2D eigenvalue weighted by atomic mass is 9.96. The summed E-state index contributed by atoms with van der Waals surface area (Å²) in [6.45, 7) is 2.13.